The quantitative estimate of drug-likeness (QED) is 0.481. The molecule has 0 amide bonds. The van der Waals surface area contributed by atoms with E-state index in [9.17, 15) is 4.79 Å². The summed E-state index contributed by atoms with van der Waals surface area (Å²) in [6.07, 6.45) is 0. The molecule has 0 aliphatic carbocycles. The normalized spacial score (nSPS) is 11.9. The maximum Gasteiger partial charge on any atom is 1.00 e. The third-order valence-corrected chi connectivity index (χ3v) is 3.43. The largest absolute Gasteiger partial charge is 1.00 e. The third-order valence-electron chi connectivity index (χ3n) is 2.58. The predicted molar refractivity (Wildman–Crippen MR) is 74.5 cm³/mol. The van der Waals surface area contributed by atoms with Gasteiger partial charge in [0.05, 0.1) is 0 Å². The Labute approximate surface area is 121 Å². The van der Waals surface area contributed by atoms with Gasteiger partial charge in [-0.2, -0.15) is 0 Å². The minimum absolute atomic E-state index is 0. The van der Waals surface area contributed by atoms with Crippen LogP contribution in [0.4, 0.5) is 0 Å². The van der Waals surface area contributed by atoms with Crippen LogP contribution in [0, 0.1) is 0 Å². The van der Waals surface area contributed by atoms with Crippen LogP contribution in [0.15, 0.2) is 54.6 Å². The molecule has 0 saturated carbocycles. The Bertz CT molecular complexity index is 524. The molecule has 0 heterocycles. The van der Waals surface area contributed by atoms with E-state index in [0.29, 0.717) is 15.3 Å². The van der Waals surface area contributed by atoms with E-state index in [1.807, 2.05) is 42.5 Å². The molecular formula is C15H15O2Te+. The van der Waals surface area contributed by atoms with Crippen LogP contribution in [0.5, 0.6) is 5.75 Å². The Hall–Kier alpha value is -1.30. The molecule has 3 heteroatoms. The molecule has 0 radical (unpaired) electrons. The van der Waals surface area contributed by atoms with Gasteiger partial charge in [0.2, 0.25) is 0 Å². The molecule has 1 unspecified atom stereocenters. The Morgan fingerprint density at radius 1 is 1.11 bits per heavy atom. The van der Waals surface area contributed by atoms with Gasteiger partial charge >= 0.3 is 122 Å². The van der Waals surface area contributed by atoms with Crippen molar-refractivity contribution in [3.05, 3.63) is 65.7 Å². The van der Waals surface area contributed by atoms with Gasteiger partial charge in [0.15, 0.2) is 0 Å². The SMILES string of the molecule is CC([TeH])c1ccc(C(=O)Oc2ccccc2)cc1.[H+]. The van der Waals surface area contributed by atoms with Gasteiger partial charge < -0.3 is 0 Å². The van der Waals surface area contributed by atoms with Gasteiger partial charge in [0.1, 0.15) is 0 Å². The van der Waals surface area contributed by atoms with Crippen LogP contribution in [0.3, 0.4) is 0 Å². The number of benzene rings is 2. The topological polar surface area (TPSA) is 26.3 Å². The van der Waals surface area contributed by atoms with Crippen LogP contribution in [0.25, 0.3) is 0 Å². The van der Waals surface area contributed by atoms with Gasteiger partial charge in [-0.3, -0.25) is 0 Å². The fourth-order valence-electron chi connectivity index (χ4n) is 1.55. The molecule has 0 fully saturated rings. The van der Waals surface area contributed by atoms with Crippen molar-refractivity contribution >= 4 is 28.3 Å². The van der Waals surface area contributed by atoms with Crippen molar-refractivity contribution in [2.24, 2.45) is 0 Å². The van der Waals surface area contributed by atoms with Crippen LogP contribution in [0.2, 0.25) is 0 Å². The number of para-hydroxylation sites is 1. The molecule has 0 saturated heterocycles. The fraction of sp³-hybridized carbons (Fsp3) is 0.133. The van der Waals surface area contributed by atoms with Gasteiger partial charge in [-0.25, -0.2) is 0 Å². The number of hydrogen-bond acceptors (Lipinski definition) is 2. The predicted octanol–water partition coefficient (Wildman–Crippen LogP) is 2.98. The molecule has 92 valence electrons. The van der Waals surface area contributed by atoms with Gasteiger partial charge in [-0.1, -0.05) is 0 Å². The Kier molecular flexibility index (Phi) is 4.41. The molecule has 0 bridgehead atoms. The van der Waals surface area contributed by atoms with Crippen LogP contribution < -0.4 is 4.74 Å². The average Bonchev–Trinajstić information content (AvgIpc) is 2.40. The maximum atomic E-state index is 11.9. The zero-order chi connectivity index (χ0) is 13.0. The second-order valence-electron chi connectivity index (χ2n) is 4.00. The van der Waals surface area contributed by atoms with E-state index in [0.717, 1.165) is 0 Å². The minimum Gasteiger partial charge on any atom is 1.00 e. The molecule has 2 aromatic rings. The van der Waals surface area contributed by atoms with Gasteiger partial charge in [-0.15, -0.1) is 0 Å². The zero-order valence-corrected chi connectivity index (χ0v) is 12.6. The molecule has 2 rings (SSSR count). The summed E-state index contributed by atoms with van der Waals surface area (Å²) in [5.74, 6) is 0.249. The van der Waals surface area contributed by atoms with E-state index in [1.165, 1.54) is 5.56 Å². The summed E-state index contributed by atoms with van der Waals surface area (Å²) < 4.78 is 5.78. The monoisotopic (exact) mass is 357 g/mol. The first-order valence-corrected chi connectivity index (χ1v) is 7.19. The number of ether oxygens (including phenoxy) is 1. The van der Waals surface area contributed by atoms with Crippen LogP contribution >= 0.6 is 0 Å². The first-order valence-electron chi connectivity index (χ1n) is 5.72. The molecule has 2 aromatic carbocycles. The summed E-state index contributed by atoms with van der Waals surface area (Å²) >= 11 is 1.76. The Morgan fingerprint density at radius 2 is 1.72 bits per heavy atom. The molecule has 0 spiro atoms. The second-order valence-corrected chi connectivity index (χ2v) is 6.21. The van der Waals surface area contributed by atoms with Crippen molar-refractivity contribution < 1.29 is 11.0 Å². The second kappa shape index (κ2) is 6.04. The third kappa shape index (κ3) is 3.35. The van der Waals surface area contributed by atoms with Crippen molar-refractivity contribution in [3.8, 4) is 5.75 Å². The van der Waals surface area contributed by atoms with Crippen LogP contribution in [-0.4, -0.2) is 28.3 Å². The smallest absolute Gasteiger partial charge is 1.00 e. The number of hydrogen-bond donors (Lipinski definition) is 0. The summed E-state index contributed by atoms with van der Waals surface area (Å²) in [6.45, 7) is 2.14. The van der Waals surface area contributed by atoms with Crippen molar-refractivity contribution in [1.29, 1.82) is 0 Å². The summed E-state index contributed by atoms with van der Waals surface area (Å²) in [6, 6.07) is 16.7. The average molecular weight is 355 g/mol. The standard InChI is InChI=1S/C15H14O2Te/c1-11(18)12-7-9-13(10-8-12)15(16)17-14-5-3-2-4-6-14/h2-11,18H,1H3/p+1. The van der Waals surface area contributed by atoms with E-state index >= 15 is 0 Å². The molecule has 0 aliphatic rings. The van der Waals surface area contributed by atoms with E-state index in [4.69, 9.17) is 4.74 Å². The van der Waals surface area contributed by atoms with Crippen molar-refractivity contribution in [2.45, 2.75) is 10.9 Å². The molecular weight excluding hydrogens is 340 g/mol. The first kappa shape index (κ1) is 13.1. The number of esters is 1. The van der Waals surface area contributed by atoms with Crippen molar-refractivity contribution in [1.82, 2.24) is 0 Å². The van der Waals surface area contributed by atoms with Gasteiger partial charge in [0.25, 0.3) is 0 Å². The summed E-state index contributed by atoms with van der Waals surface area (Å²) in [7, 11) is 0. The Balaban J connectivity index is 0.00000180. The first-order chi connectivity index (χ1) is 8.66. The molecule has 0 N–H and O–H groups in total. The van der Waals surface area contributed by atoms with Gasteiger partial charge in [0, 0.05) is 0 Å². The molecule has 1 atom stereocenters. The summed E-state index contributed by atoms with van der Waals surface area (Å²) in [5.41, 5.74) is 1.81. The molecule has 2 nitrogen and oxygen atoms in total. The fourth-order valence-corrected chi connectivity index (χ4v) is 2.04. The molecule has 0 aliphatic heterocycles. The molecule has 18 heavy (non-hydrogen) atoms. The summed E-state index contributed by atoms with van der Waals surface area (Å²) in [5, 5.41) is 0. The van der Waals surface area contributed by atoms with Crippen LogP contribution in [0.1, 0.15) is 28.2 Å². The van der Waals surface area contributed by atoms with E-state index in [-0.39, 0.29) is 7.40 Å². The number of rotatable bonds is 3. The molecule has 0 aromatic heterocycles. The van der Waals surface area contributed by atoms with E-state index in [1.54, 1.807) is 34.4 Å². The van der Waals surface area contributed by atoms with Crippen molar-refractivity contribution in [3.63, 3.8) is 0 Å². The van der Waals surface area contributed by atoms with E-state index < -0.39 is 0 Å². The number of carbonyl (C=O) groups is 1. The summed E-state index contributed by atoms with van der Waals surface area (Å²) in [4.78, 5) is 11.9. The zero-order valence-electron chi connectivity index (χ0n) is 11.0. The van der Waals surface area contributed by atoms with Crippen molar-refractivity contribution in [2.75, 3.05) is 0 Å². The van der Waals surface area contributed by atoms with E-state index in [2.05, 4.69) is 6.92 Å². The van der Waals surface area contributed by atoms with Gasteiger partial charge in [-0.05, 0) is 0 Å². The van der Waals surface area contributed by atoms with Crippen LogP contribution in [-0.2, 0) is 0 Å². The maximum absolute atomic E-state index is 11.9. The minimum atomic E-state index is -0.319. The Morgan fingerprint density at radius 3 is 2.28 bits per heavy atom. The number of carbonyl (C=O) groups excluding carboxylic acids is 1.